The van der Waals surface area contributed by atoms with Crippen LogP contribution < -0.4 is 10.0 Å². The number of rotatable bonds is 1. The Balaban J connectivity index is 2.04. The number of nitrogens with one attached hydrogen (secondary N) is 1. The number of H-pyrrole nitrogens is 1. The van der Waals surface area contributed by atoms with E-state index < -0.39 is 11.8 Å². The Labute approximate surface area is 104 Å². The lowest BCUT2D eigenvalue weighted by Crippen LogP contribution is -2.48. The highest BCUT2D eigenvalue weighted by Crippen LogP contribution is 2.37. The molecule has 0 spiro atoms. The SMILES string of the molecule is O=C1c2ccc[nH+]c2N(O)C(=O)C1C1CCCC1. The number of pyridine rings is 1. The molecule has 1 fully saturated rings. The van der Waals surface area contributed by atoms with Gasteiger partial charge in [-0.25, -0.2) is 15.0 Å². The minimum absolute atomic E-state index is 0.0769. The second kappa shape index (κ2) is 4.17. The Kier molecular flexibility index (Phi) is 2.63. The number of hydroxylamine groups is 1. The van der Waals surface area contributed by atoms with Crippen molar-refractivity contribution in [1.82, 2.24) is 0 Å². The third-order valence-corrected chi connectivity index (χ3v) is 3.94. The molecule has 0 bridgehead atoms. The van der Waals surface area contributed by atoms with Gasteiger partial charge >= 0.3 is 11.7 Å². The third kappa shape index (κ3) is 1.54. The predicted octanol–water partition coefficient (Wildman–Crippen LogP) is 1.23. The van der Waals surface area contributed by atoms with Gasteiger partial charge in [0.1, 0.15) is 11.5 Å². The summed E-state index contributed by atoms with van der Waals surface area (Å²) in [4.78, 5) is 27.2. The van der Waals surface area contributed by atoms with Gasteiger partial charge in [-0.2, -0.15) is 0 Å². The molecule has 1 aromatic rings. The van der Waals surface area contributed by atoms with Gasteiger partial charge in [0.25, 0.3) is 0 Å². The number of aromatic amines is 1. The third-order valence-electron chi connectivity index (χ3n) is 3.94. The molecule has 1 aliphatic heterocycles. The summed E-state index contributed by atoms with van der Waals surface area (Å²) in [6.45, 7) is 0. The highest BCUT2D eigenvalue weighted by Gasteiger charge is 2.49. The largest absolute Gasteiger partial charge is 0.351 e. The zero-order chi connectivity index (χ0) is 12.7. The Hall–Kier alpha value is -1.75. The first kappa shape index (κ1) is 11.3. The second-order valence-electron chi connectivity index (χ2n) is 4.97. The smallest absolute Gasteiger partial charge is 0.293 e. The van der Waals surface area contributed by atoms with E-state index in [1.165, 1.54) is 0 Å². The number of ketones is 1. The molecule has 2 heterocycles. The number of Topliss-reactive ketones (excluding diaryl/α,β-unsaturated/α-hetero) is 1. The summed E-state index contributed by atoms with van der Waals surface area (Å²) in [5.41, 5.74) is 0.400. The Morgan fingerprint density at radius 2 is 2.00 bits per heavy atom. The number of hydrogen-bond donors (Lipinski definition) is 1. The standard InChI is InChI=1S/C13H14N2O3/c16-11-9-6-3-7-14-12(9)15(18)13(17)10(11)8-4-1-2-5-8/h3,6-8,10,18H,1-2,4-5H2/p+1. The molecule has 2 N–H and O–H groups in total. The lowest BCUT2D eigenvalue weighted by Gasteiger charge is -2.25. The van der Waals surface area contributed by atoms with E-state index in [1.54, 1.807) is 18.3 Å². The van der Waals surface area contributed by atoms with Crippen LogP contribution in [0.1, 0.15) is 36.0 Å². The van der Waals surface area contributed by atoms with Crippen LogP contribution in [0.2, 0.25) is 0 Å². The molecule has 1 atom stereocenters. The molecule has 2 aliphatic rings. The van der Waals surface area contributed by atoms with Crippen molar-refractivity contribution in [1.29, 1.82) is 0 Å². The van der Waals surface area contributed by atoms with Gasteiger partial charge in [0.2, 0.25) is 0 Å². The van der Waals surface area contributed by atoms with E-state index in [9.17, 15) is 14.8 Å². The highest BCUT2D eigenvalue weighted by molar-refractivity contribution is 6.19. The van der Waals surface area contributed by atoms with Crippen LogP contribution in [0, 0.1) is 11.8 Å². The minimum Gasteiger partial charge on any atom is -0.293 e. The minimum atomic E-state index is -0.708. The van der Waals surface area contributed by atoms with Gasteiger partial charge in [-0.15, -0.1) is 0 Å². The quantitative estimate of drug-likeness (QED) is 0.599. The summed E-state index contributed by atoms with van der Waals surface area (Å²) in [5, 5.41) is 10.5. The summed E-state index contributed by atoms with van der Waals surface area (Å²) in [6.07, 6.45) is 5.48. The van der Waals surface area contributed by atoms with Crippen molar-refractivity contribution < 1.29 is 19.8 Å². The highest BCUT2D eigenvalue weighted by atomic mass is 16.5. The van der Waals surface area contributed by atoms with E-state index in [-0.39, 0.29) is 17.5 Å². The van der Waals surface area contributed by atoms with Crippen LogP contribution in [0.3, 0.4) is 0 Å². The normalized spacial score (nSPS) is 24.5. The van der Waals surface area contributed by atoms with Crippen LogP contribution in [0.15, 0.2) is 18.3 Å². The van der Waals surface area contributed by atoms with Gasteiger partial charge in [0.15, 0.2) is 5.78 Å². The Morgan fingerprint density at radius 3 is 2.72 bits per heavy atom. The van der Waals surface area contributed by atoms with Crippen LogP contribution >= 0.6 is 0 Å². The first-order valence-corrected chi connectivity index (χ1v) is 6.28. The number of hydrogen-bond acceptors (Lipinski definition) is 3. The monoisotopic (exact) mass is 247 g/mol. The van der Waals surface area contributed by atoms with E-state index >= 15 is 0 Å². The fourth-order valence-corrected chi connectivity index (χ4v) is 3.03. The second-order valence-corrected chi connectivity index (χ2v) is 4.97. The van der Waals surface area contributed by atoms with Gasteiger partial charge in [-0.3, -0.25) is 4.79 Å². The Bertz CT molecular complexity index is 509. The number of aromatic nitrogens is 1. The maximum Gasteiger partial charge on any atom is 0.351 e. The molecule has 3 rings (SSSR count). The van der Waals surface area contributed by atoms with Crippen LogP contribution in [-0.2, 0) is 4.79 Å². The van der Waals surface area contributed by atoms with Crippen LogP contribution in [0.25, 0.3) is 0 Å². The lowest BCUT2D eigenvalue weighted by atomic mass is 9.82. The van der Waals surface area contributed by atoms with E-state index in [2.05, 4.69) is 4.98 Å². The maximum atomic E-state index is 12.4. The molecule has 18 heavy (non-hydrogen) atoms. The molecule has 94 valence electrons. The molecule has 1 aromatic heterocycles. The molecule has 1 saturated carbocycles. The van der Waals surface area contributed by atoms with Gasteiger partial charge < -0.3 is 0 Å². The lowest BCUT2D eigenvalue weighted by molar-refractivity contribution is -0.367. The van der Waals surface area contributed by atoms with Crippen molar-refractivity contribution >= 4 is 17.5 Å². The van der Waals surface area contributed by atoms with Crippen molar-refractivity contribution in [3.05, 3.63) is 23.9 Å². The van der Waals surface area contributed by atoms with Crippen molar-refractivity contribution in [3.63, 3.8) is 0 Å². The summed E-state index contributed by atoms with van der Waals surface area (Å²) in [7, 11) is 0. The molecule has 0 aromatic carbocycles. The molecular weight excluding hydrogens is 232 g/mol. The van der Waals surface area contributed by atoms with E-state index in [4.69, 9.17) is 0 Å². The molecule has 0 radical (unpaired) electrons. The topological polar surface area (TPSA) is 71.8 Å². The first-order valence-electron chi connectivity index (χ1n) is 6.28. The number of anilines is 1. The number of carbonyl (C=O) groups excluding carboxylic acids is 2. The Morgan fingerprint density at radius 1 is 1.28 bits per heavy atom. The van der Waals surface area contributed by atoms with E-state index in [1.807, 2.05) is 0 Å². The zero-order valence-electron chi connectivity index (χ0n) is 9.93. The molecule has 1 aliphatic carbocycles. The number of amides is 1. The molecule has 5 heteroatoms. The molecular formula is C13H15N2O3+. The average Bonchev–Trinajstić information content (AvgIpc) is 2.90. The van der Waals surface area contributed by atoms with Crippen LogP contribution in [0.4, 0.5) is 5.82 Å². The summed E-state index contributed by atoms with van der Waals surface area (Å²) >= 11 is 0. The predicted molar refractivity (Wildman–Crippen MR) is 62.0 cm³/mol. The molecule has 1 amide bonds. The average molecular weight is 247 g/mol. The molecule has 5 nitrogen and oxygen atoms in total. The van der Waals surface area contributed by atoms with Crippen LogP contribution in [0.5, 0.6) is 0 Å². The fraction of sp³-hybridized carbons (Fsp3) is 0.462. The maximum absolute atomic E-state index is 12.4. The fourth-order valence-electron chi connectivity index (χ4n) is 3.03. The van der Waals surface area contributed by atoms with Crippen molar-refractivity contribution in [2.24, 2.45) is 11.8 Å². The first-order chi connectivity index (χ1) is 8.70. The summed E-state index contributed by atoms with van der Waals surface area (Å²) in [5.74, 6) is -1.11. The number of nitrogens with zero attached hydrogens (tertiary/aromatic N) is 1. The van der Waals surface area contributed by atoms with Crippen molar-refractivity contribution in [2.45, 2.75) is 25.7 Å². The molecule has 0 saturated heterocycles. The van der Waals surface area contributed by atoms with Gasteiger partial charge in [0, 0.05) is 0 Å². The number of fused-ring (bicyclic) bond motifs is 1. The van der Waals surface area contributed by atoms with E-state index in [0.717, 1.165) is 25.7 Å². The van der Waals surface area contributed by atoms with Crippen LogP contribution in [-0.4, -0.2) is 16.9 Å². The summed E-state index contributed by atoms with van der Waals surface area (Å²) < 4.78 is 0. The zero-order valence-corrected chi connectivity index (χ0v) is 9.93. The van der Waals surface area contributed by atoms with Gasteiger partial charge in [-0.1, -0.05) is 12.8 Å². The summed E-state index contributed by atoms with van der Waals surface area (Å²) in [6, 6.07) is 3.35. The van der Waals surface area contributed by atoms with Crippen molar-refractivity contribution in [3.8, 4) is 0 Å². The van der Waals surface area contributed by atoms with Crippen molar-refractivity contribution in [2.75, 3.05) is 5.06 Å². The van der Waals surface area contributed by atoms with E-state index in [0.29, 0.717) is 10.6 Å². The van der Waals surface area contributed by atoms with Gasteiger partial charge in [0.05, 0.1) is 6.20 Å². The number of carbonyl (C=O) groups is 2. The van der Waals surface area contributed by atoms with Gasteiger partial charge in [-0.05, 0) is 36.0 Å². The molecule has 1 unspecified atom stereocenters.